The average molecular weight is 866 g/mol. The lowest BCUT2D eigenvalue weighted by Gasteiger charge is -2.20. The number of aliphatic hydroxyl groups is 1. The number of unbranched alkanes of at least 4 members (excludes halogenated alkanes) is 24. The standard InChI is InChI=1S/C53H103NO7/c1-5-9-13-17-21-27-36-48(37-28-22-18-14-10-6-2)60-52(56)40-31-25-33-44-58-50-46-54(42-35-43-55)47-51(50)59-45-34-26-32-41-53(57)61-49(38-29-23-19-15-11-7-3)39-30-24-20-16-12-8-4/h48-51,55H,5-47H2,1-4H3/t50-,51+. The summed E-state index contributed by atoms with van der Waals surface area (Å²) in [6.07, 6.45) is 41.8. The molecule has 0 aromatic heterocycles. The first kappa shape index (κ1) is 57.8. The van der Waals surface area contributed by atoms with Crippen LogP contribution in [0.2, 0.25) is 0 Å². The summed E-state index contributed by atoms with van der Waals surface area (Å²) in [6, 6.07) is 0. The van der Waals surface area contributed by atoms with E-state index in [1.54, 1.807) is 0 Å². The molecule has 0 saturated carbocycles. The molecular weight excluding hydrogens is 763 g/mol. The largest absolute Gasteiger partial charge is 0.462 e. The molecule has 1 aliphatic heterocycles. The third kappa shape index (κ3) is 35.8. The molecule has 8 heteroatoms. The highest BCUT2D eigenvalue weighted by Gasteiger charge is 2.34. The summed E-state index contributed by atoms with van der Waals surface area (Å²) in [6.45, 7) is 13.0. The molecule has 0 unspecified atom stereocenters. The van der Waals surface area contributed by atoms with Gasteiger partial charge in [-0.25, -0.2) is 0 Å². The Kier molecular flexibility index (Phi) is 41.7. The Morgan fingerprint density at radius 3 is 1.08 bits per heavy atom. The highest BCUT2D eigenvalue weighted by atomic mass is 16.6. The van der Waals surface area contributed by atoms with Crippen molar-refractivity contribution in [3.63, 3.8) is 0 Å². The third-order valence-electron chi connectivity index (χ3n) is 12.8. The predicted molar refractivity (Wildman–Crippen MR) is 256 cm³/mol. The number of hydrogen-bond donors (Lipinski definition) is 1. The molecular formula is C53H103NO7. The molecule has 8 nitrogen and oxygen atoms in total. The van der Waals surface area contributed by atoms with Crippen molar-refractivity contribution in [3.8, 4) is 0 Å². The first-order valence-corrected chi connectivity index (χ1v) is 26.9. The van der Waals surface area contributed by atoms with Crippen LogP contribution in [0.5, 0.6) is 0 Å². The zero-order valence-electron chi connectivity index (χ0n) is 41.1. The van der Waals surface area contributed by atoms with Crippen molar-refractivity contribution in [3.05, 3.63) is 0 Å². The number of hydrogen-bond acceptors (Lipinski definition) is 8. The van der Waals surface area contributed by atoms with Crippen LogP contribution in [0, 0.1) is 0 Å². The monoisotopic (exact) mass is 866 g/mol. The molecule has 1 N–H and O–H groups in total. The molecule has 1 fully saturated rings. The van der Waals surface area contributed by atoms with Crippen LogP contribution in [-0.4, -0.2) is 85.8 Å². The van der Waals surface area contributed by atoms with Gasteiger partial charge >= 0.3 is 11.9 Å². The van der Waals surface area contributed by atoms with Crippen molar-refractivity contribution >= 4 is 11.9 Å². The van der Waals surface area contributed by atoms with Gasteiger partial charge in [0.05, 0.1) is 12.2 Å². The van der Waals surface area contributed by atoms with E-state index >= 15 is 0 Å². The smallest absolute Gasteiger partial charge is 0.306 e. The van der Waals surface area contributed by atoms with Crippen molar-refractivity contribution in [1.29, 1.82) is 0 Å². The number of likely N-dealkylation sites (tertiary alicyclic amines) is 1. The van der Waals surface area contributed by atoms with Crippen LogP contribution < -0.4 is 0 Å². The average Bonchev–Trinajstić information content (AvgIpc) is 3.65. The zero-order valence-corrected chi connectivity index (χ0v) is 41.1. The normalized spacial score (nSPS) is 15.7. The molecule has 61 heavy (non-hydrogen) atoms. The van der Waals surface area contributed by atoms with Crippen LogP contribution in [0.3, 0.4) is 0 Å². The molecule has 0 radical (unpaired) electrons. The highest BCUT2D eigenvalue weighted by molar-refractivity contribution is 5.69. The summed E-state index contributed by atoms with van der Waals surface area (Å²) in [4.78, 5) is 28.1. The number of aliphatic hydroxyl groups excluding tert-OH is 1. The first-order chi connectivity index (χ1) is 30.0. The van der Waals surface area contributed by atoms with Crippen molar-refractivity contribution in [1.82, 2.24) is 4.90 Å². The summed E-state index contributed by atoms with van der Waals surface area (Å²) >= 11 is 0. The maximum Gasteiger partial charge on any atom is 0.306 e. The molecule has 0 aromatic rings. The lowest BCUT2D eigenvalue weighted by Crippen LogP contribution is -2.30. The minimum atomic E-state index is -0.0280. The molecule has 0 amide bonds. The van der Waals surface area contributed by atoms with Gasteiger partial charge in [-0.15, -0.1) is 0 Å². The number of ether oxygens (including phenoxy) is 4. The summed E-state index contributed by atoms with van der Waals surface area (Å²) in [5.41, 5.74) is 0. The van der Waals surface area contributed by atoms with Gasteiger partial charge in [-0.1, -0.05) is 169 Å². The molecule has 1 heterocycles. The predicted octanol–water partition coefficient (Wildman–Crippen LogP) is 14.4. The van der Waals surface area contributed by atoms with E-state index in [1.807, 2.05) is 0 Å². The van der Waals surface area contributed by atoms with Crippen LogP contribution >= 0.6 is 0 Å². The van der Waals surface area contributed by atoms with Gasteiger partial charge in [0.1, 0.15) is 12.2 Å². The number of carbonyl (C=O) groups excluding carboxylic acids is 2. The van der Waals surface area contributed by atoms with Gasteiger partial charge in [0.2, 0.25) is 0 Å². The van der Waals surface area contributed by atoms with E-state index in [0.29, 0.717) is 26.1 Å². The van der Waals surface area contributed by atoms with Gasteiger partial charge in [0.15, 0.2) is 0 Å². The van der Waals surface area contributed by atoms with Crippen LogP contribution in [0.15, 0.2) is 0 Å². The molecule has 0 bridgehead atoms. The zero-order chi connectivity index (χ0) is 44.3. The van der Waals surface area contributed by atoms with Crippen molar-refractivity contribution in [2.75, 3.05) is 39.5 Å². The van der Waals surface area contributed by atoms with Crippen LogP contribution in [-0.2, 0) is 28.5 Å². The summed E-state index contributed by atoms with van der Waals surface area (Å²) in [7, 11) is 0. The molecule has 1 saturated heterocycles. The Balaban J connectivity index is 2.39. The summed E-state index contributed by atoms with van der Waals surface area (Å²) in [5, 5.41) is 9.42. The van der Waals surface area contributed by atoms with E-state index in [-0.39, 0.29) is 43.0 Å². The third-order valence-corrected chi connectivity index (χ3v) is 12.8. The number of nitrogens with zero attached hydrogens (tertiary/aromatic N) is 1. The second kappa shape index (κ2) is 44.0. The van der Waals surface area contributed by atoms with Gasteiger partial charge in [-0.2, -0.15) is 0 Å². The Morgan fingerprint density at radius 2 is 0.754 bits per heavy atom. The Morgan fingerprint density at radius 1 is 0.443 bits per heavy atom. The molecule has 0 aliphatic carbocycles. The number of carbonyl (C=O) groups is 2. The van der Waals surface area contributed by atoms with E-state index < -0.39 is 0 Å². The van der Waals surface area contributed by atoms with Gasteiger partial charge in [0, 0.05) is 52.3 Å². The van der Waals surface area contributed by atoms with E-state index in [2.05, 4.69) is 32.6 Å². The topological polar surface area (TPSA) is 94.5 Å². The fourth-order valence-electron chi connectivity index (χ4n) is 8.80. The molecule has 0 aromatic carbocycles. The molecule has 1 aliphatic rings. The van der Waals surface area contributed by atoms with Gasteiger partial charge in [0.25, 0.3) is 0 Å². The van der Waals surface area contributed by atoms with Crippen molar-refractivity contribution in [2.24, 2.45) is 0 Å². The van der Waals surface area contributed by atoms with E-state index in [1.165, 1.54) is 128 Å². The Labute approximate surface area is 378 Å². The number of rotatable bonds is 47. The maximum atomic E-state index is 12.9. The van der Waals surface area contributed by atoms with E-state index in [9.17, 15) is 14.7 Å². The maximum absolute atomic E-state index is 12.9. The molecule has 2 atom stereocenters. The lowest BCUT2D eigenvalue weighted by molar-refractivity contribution is -0.151. The van der Waals surface area contributed by atoms with Gasteiger partial charge < -0.3 is 24.1 Å². The summed E-state index contributed by atoms with van der Waals surface area (Å²) in [5.74, 6) is -0.0560. The van der Waals surface area contributed by atoms with Crippen LogP contribution in [0.25, 0.3) is 0 Å². The van der Waals surface area contributed by atoms with E-state index in [0.717, 1.165) is 116 Å². The fraction of sp³-hybridized carbons (Fsp3) is 0.962. The van der Waals surface area contributed by atoms with Crippen molar-refractivity contribution in [2.45, 2.75) is 290 Å². The lowest BCUT2D eigenvalue weighted by atomic mass is 10.0. The van der Waals surface area contributed by atoms with Crippen LogP contribution in [0.1, 0.15) is 265 Å². The fourth-order valence-corrected chi connectivity index (χ4v) is 8.80. The van der Waals surface area contributed by atoms with E-state index in [4.69, 9.17) is 18.9 Å². The second-order valence-electron chi connectivity index (χ2n) is 18.7. The molecule has 0 spiro atoms. The minimum Gasteiger partial charge on any atom is -0.462 e. The van der Waals surface area contributed by atoms with Gasteiger partial charge in [-0.3, -0.25) is 14.5 Å². The quantitative estimate of drug-likeness (QED) is 0.0477. The summed E-state index contributed by atoms with van der Waals surface area (Å²) < 4.78 is 24.9. The highest BCUT2D eigenvalue weighted by Crippen LogP contribution is 2.22. The Hall–Kier alpha value is -1.22. The second-order valence-corrected chi connectivity index (χ2v) is 18.7. The first-order valence-electron chi connectivity index (χ1n) is 26.9. The molecule has 1 rings (SSSR count). The number of esters is 2. The van der Waals surface area contributed by atoms with Gasteiger partial charge in [-0.05, 0) is 83.5 Å². The Bertz CT molecular complexity index is 848. The van der Waals surface area contributed by atoms with Crippen LogP contribution in [0.4, 0.5) is 0 Å². The van der Waals surface area contributed by atoms with Crippen molar-refractivity contribution < 1.29 is 33.6 Å². The molecule has 362 valence electrons. The SMILES string of the molecule is CCCCCCCCC(CCCCCCCC)OC(=O)CCCCCO[C@H]1CN(CCCO)C[C@H]1OCCCCCC(=O)OC(CCCCCCCC)CCCCCCCC. The minimum absolute atomic E-state index is 0.0126.